The summed E-state index contributed by atoms with van der Waals surface area (Å²) in [5.41, 5.74) is -1.39. The molecule has 1 aliphatic heterocycles. The van der Waals surface area contributed by atoms with Gasteiger partial charge in [0.2, 0.25) is 17.6 Å². The number of carbonyl (C=O) groups is 7. The Morgan fingerprint density at radius 2 is 1.52 bits per heavy atom. The second kappa shape index (κ2) is 16.1. The van der Waals surface area contributed by atoms with Gasteiger partial charge in [-0.15, -0.1) is 0 Å². The molecule has 2 aliphatic carbocycles. The quantitative estimate of drug-likeness (QED) is 0.221. The van der Waals surface area contributed by atoms with Gasteiger partial charge in [-0.25, -0.2) is 4.79 Å². The van der Waals surface area contributed by atoms with Gasteiger partial charge in [-0.2, -0.15) is 0 Å². The maximum absolute atomic E-state index is 14.5. The van der Waals surface area contributed by atoms with Crippen LogP contribution in [0.5, 0.6) is 0 Å². The van der Waals surface area contributed by atoms with Gasteiger partial charge in [0, 0.05) is 37.6 Å². The van der Waals surface area contributed by atoms with E-state index in [1.165, 1.54) is 14.0 Å². The SMILES string of the molecule is CCC[C@H](CC(=O)C1[C@H]2CCC[C@H]2CN1C(=O)[C@@H](NC(=O)[C@@H](CC(=O)[C@H](C)NC(=O)OC)C(C)(C)C)C(C)(C)C)C(=O)C(=O)CC1CC1. The molecule has 0 aromatic rings. The second-order valence-electron chi connectivity index (χ2n) is 16.6. The molecular weight excluding hydrogens is 614 g/mol. The summed E-state index contributed by atoms with van der Waals surface area (Å²) in [4.78, 5) is 95.0. The standard InChI is InChI=1S/C37H59N3O8/c1-10-12-23(31(44)29(43)17-22-15-16-22)18-28(42)30-25-14-11-13-24(25)20-40(30)34(46)32(37(6,7)8)39-33(45)26(36(3,4)5)19-27(41)21(2)38-35(47)48-9/h21-26,30,32H,10-20H2,1-9H3,(H,38,47)(H,39,45)/t21-,23+,24-,25-,26+,30?,32+/m0/s1. The van der Waals surface area contributed by atoms with Crippen LogP contribution in [0.4, 0.5) is 4.79 Å². The molecule has 11 heteroatoms. The number of nitrogens with one attached hydrogen (secondary N) is 2. The predicted molar refractivity (Wildman–Crippen MR) is 181 cm³/mol. The highest BCUT2D eigenvalue weighted by Gasteiger charge is 2.52. The van der Waals surface area contributed by atoms with E-state index < -0.39 is 58.6 Å². The largest absolute Gasteiger partial charge is 0.453 e. The predicted octanol–water partition coefficient (Wildman–Crippen LogP) is 4.82. The molecule has 0 spiro atoms. The van der Waals surface area contributed by atoms with Crippen molar-refractivity contribution in [2.75, 3.05) is 13.7 Å². The minimum Gasteiger partial charge on any atom is -0.453 e. The van der Waals surface area contributed by atoms with E-state index in [4.69, 9.17) is 0 Å². The molecule has 1 unspecified atom stereocenters. The summed E-state index contributed by atoms with van der Waals surface area (Å²) < 4.78 is 4.60. The van der Waals surface area contributed by atoms with E-state index in [0.29, 0.717) is 19.4 Å². The highest BCUT2D eigenvalue weighted by atomic mass is 16.5. The molecule has 0 aromatic carbocycles. The number of hydrogen-bond acceptors (Lipinski definition) is 8. The lowest BCUT2D eigenvalue weighted by atomic mass is 9.76. The zero-order valence-corrected chi connectivity index (χ0v) is 30.6. The number of amides is 3. The summed E-state index contributed by atoms with van der Waals surface area (Å²) in [6.07, 6.45) is 4.95. The Kier molecular flexibility index (Phi) is 13.2. The van der Waals surface area contributed by atoms with E-state index in [2.05, 4.69) is 15.4 Å². The van der Waals surface area contributed by atoms with Crippen molar-refractivity contribution in [3.63, 3.8) is 0 Å². The number of nitrogens with zero attached hydrogens (tertiary/aromatic N) is 1. The van der Waals surface area contributed by atoms with Gasteiger partial charge in [-0.1, -0.05) is 61.3 Å². The molecule has 3 rings (SSSR count). The maximum atomic E-state index is 14.5. The molecule has 1 heterocycles. The van der Waals surface area contributed by atoms with Crippen LogP contribution in [-0.4, -0.2) is 77.7 Å². The van der Waals surface area contributed by atoms with Gasteiger partial charge in [0.1, 0.15) is 6.04 Å². The third-order valence-electron chi connectivity index (χ3n) is 10.6. The smallest absolute Gasteiger partial charge is 0.407 e. The van der Waals surface area contributed by atoms with Crippen LogP contribution in [0, 0.1) is 40.4 Å². The van der Waals surface area contributed by atoms with Gasteiger partial charge in [0.05, 0.1) is 19.2 Å². The summed E-state index contributed by atoms with van der Waals surface area (Å²) in [6, 6.07) is -2.58. The van der Waals surface area contributed by atoms with Gasteiger partial charge in [-0.05, 0) is 67.6 Å². The number of fused-ring (bicyclic) bond motifs is 1. The molecule has 3 amide bonds. The maximum Gasteiger partial charge on any atom is 0.407 e. The van der Waals surface area contributed by atoms with Crippen LogP contribution < -0.4 is 10.6 Å². The Bertz CT molecular complexity index is 1240. The van der Waals surface area contributed by atoms with Gasteiger partial charge in [0.25, 0.3) is 0 Å². The molecule has 7 atom stereocenters. The first-order chi connectivity index (χ1) is 22.3. The lowest BCUT2D eigenvalue weighted by Crippen LogP contribution is -2.59. The molecule has 0 aromatic heterocycles. The summed E-state index contributed by atoms with van der Waals surface area (Å²) in [5, 5.41) is 5.43. The lowest BCUT2D eigenvalue weighted by Gasteiger charge is -2.38. The molecule has 2 saturated carbocycles. The van der Waals surface area contributed by atoms with Crippen molar-refractivity contribution in [2.45, 2.75) is 138 Å². The van der Waals surface area contributed by atoms with Crippen LogP contribution in [0.3, 0.4) is 0 Å². The van der Waals surface area contributed by atoms with Crippen LogP contribution in [-0.2, 0) is 33.5 Å². The number of methoxy groups -OCH3 is 1. The highest BCUT2D eigenvalue weighted by molar-refractivity contribution is 6.38. The molecule has 48 heavy (non-hydrogen) atoms. The van der Waals surface area contributed by atoms with Crippen LogP contribution in [0.25, 0.3) is 0 Å². The van der Waals surface area contributed by atoms with E-state index in [1.54, 1.807) is 4.90 Å². The molecule has 3 fully saturated rings. The number of Topliss-reactive ketones (excluding diaryl/α,β-unsaturated/α-hetero) is 4. The normalized spacial score (nSPS) is 23.4. The summed E-state index contributed by atoms with van der Waals surface area (Å²) >= 11 is 0. The Morgan fingerprint density at radius 1 is 0.875 bits per heavy atom. The van der Waals surface area contributed by atoms with E-state index in [0.717, 1.165) is 32.1 Å². The van der Waals surface area contributed by atoms with Gasteiger partial charge < -0.3 is 20.3 Å². The fourth-order valence-electron chi connectivity index (χ4n) is 7.44. The Labute approximate surface area is 286 Å². The zero-order valence-electron chi connectivity index (χ0n) is 30.6. The number of likely N-dealkylation sites (tertiary alicyclic amines) is 1. The minimum atomic E-state index is -0.988. The molecule has 0 radical (unpaired) electrons. The monoisotopic (exact) mass is 673 g/mol. The number of hydrogen-bond donors (Lipinski definition) is 2. The number of carbonyl (C=O) groups excluding carboxylic acids is 7. The van der Waals surface area contributed by atoms with Crippen LogP contribution in [0.2, 0.25) is 0 Å². The fourth-order valence-corrected chi connectivity index (χ4v) is 7.44. The Hall–Kier alpha value is -3.11. The van der Waals surface area contributed by atoms with Crippen molar-refractivity contribution >= 4 is 41.0 Å². The Morgan fingerprint density at radius 3 is 2.06 bits per heavy atom. The number of rotatable bonds is 16. The highest BCUT2D eigenvalue weighted by Crippen LogP contribution is 2.44. The van der Waals surface area contributed by atoms with Crippen LogP contribution >= 0.6 is 0 Å². The van der Waals surface area contributed by atoms with Gasteiger partial charge in [0.15, 0.2) is 17.3 Å². The molecule has 11 nitrogen and oxygen atoms in total. The average Bonchev–Trinajstić information content (AvgIpc) is 3.56. The number of ketones is 4. The topological polar surface area (TPSA) is 156 Å². The molecule has 270 valence electrons. The third-order valence-corrected chi connectivity index (χ3v) is 10.6. The van der Waals surface area contributed by atoms with E-state index in [-0.39, 0.29) is 60.3 Å². The fraction of sp³-hybridized carbons (Fsp3) is 0.811. The van der Waals surface area contributed by atoms with E-state index in [1.807, 2.05) is 48.5 Å². The number of ether oxygens (including phenoxy) is 1. The average molecular weight is 674 g/mol. The van der Waals surface area contributed by atoms with Crippen molar-refractivity contribution < 1.29 is 38.3 Å². The second-order valence-corrected chi connectivity index (χ2v) is 16.6. The number of alkyl carbamates (subject to hydrolysis) is 1. The summed E-state index contributed by atoms with van der Waals surface area (Å²) in [6.45, 7) is 14.9. The van der Waals surface area contributed by atoms with Crippen molar-refractivity contribution in [3.05, 3.63) is 0 Å². The molecule has 1 saturated heterocycles. The van der Waals surface area contributed by atoms with E-state index in [9.17, 15) is 33.6 Å². The van der Waals surface area contributed by atoms with Crippen molar-refractivity contribution in [2.24, 2.45) is 40.4 Å². The summed E-state index contributed by atoms with van der Waals surface area (Å²) in [5.74, 6) is -3.30. The van der Waals surface area contributed by atoms with Gasteiger partial charge >= 0.3 is 6.09 Å². The first-order valence-electron chi connectivity index (χ1n) is 17.9. The molecule has 2 N–H and O–H groups in total. The lowest BCUT2D eigenvalue weighted by molar-refractivity contribution is -0.146. The molecule has 3 aliphatic rings. The van der Waals surface area contributed by atoms with E-state index >= 15 is 0 Å². The van der Waals surface area contributed by atoms with Gasteiger partial charge in [-0.3, -0.25) is 28.8 Å². The van der Waals surface area contributed by atoms with Crippen LogP contribution in [0.15, 0.2) is 0 Å². The molecule has 0 bridgehead atoms. The van der Waals surface area contributed by atoms with Crippen molar-refractivity contribution in [1.82, 2.24) is 15.5 Å². The first-order valence-corrected chi connectivity index (χ1v) is 17.9. The van der Waals surface area contributed by atoms with Crippen molar-refractivity contribution in [3.8, 4) is 0 Å². The zero-order chi connectivity index (χ0) is 36.1. The minimum absolute atomic E-state index is 0.0268. The van der Waals surface area contributed by atoms with Crippen molar-refractivity contribution in [1.29, 1.82) is 0 Å². The first kappa shape index (κ1) is 39.3. The summed E-state index contributed by atoms with van der Waals surface area (Å²) in [7, 11) is 1.20. The third kappa shape index (κ3) is 9.97. The Balaban J connectivity index is 1.84. The van der Waals surface area contributed by atoms with Crippen LogP contribution in [0.1, 0.15) is 120 Å². The molecular formula is C37H59N3O8.